The SMILES string of the molecule is COc1cc2c(cc1OC)[C@H](COc1ccccc1OC)N(C(=O)c1cc([N+](=O)[O-])ccc1Cl)CC2. The summed E-state index contributed by atoms with van der Waals surface area (Å²) >= 11 is 6.31. The van der Waals surface area contributed by atoms with Crippen molar-refractivity contribution >= 4 is 23.2 Å². The van der Waals surface area contributed by atoms with E-state index in [-0.39, 0.29) is 22.9 Å². The van der Waals surface area contributed by atoms with E-state index in [4.69, 9.17) is 30.5 Å². The van der Waals surface area contributed by atoms with Crippen LogP contribution in [0.5, 0.6) is 23.0 Å². The van der Waals surface area contributed by atoms with E-state index in [1.807, 2.05) is 24.3 Å². The van der Waals surface area contributed by atoms with Crippen LogP contribution in [0.15, 0.2) is 54.6 Å². The number of carbonyl (C=O) groups excluding carboxylic acids is 1. The topological polar surface area (TPSA) is 100 Å². The van der Waals surface area contributed by atoms with E-state index in [1.165, 1.54) is 18.2 Å². The summed E-state index contributed by atoms with van der Waals surface area (Å²) < 4.78 is 22.5. The maximum atomic E-state index is 13.7. The molecule has 1 atom stereocenters. The van der Waals surface area contributed by atoms with Gasteiger partial charge in [0.2, 0.25) is 0 Å². The summed E-state index contributed by atoms with van der Waals surface area (Å²) in [5.41, 5.74) is 1.64. The molecule has 36 heavy (non-hydrogen) atoms. The molecule has 0 fully saturated rings. The first kappa shape index (κ1) is 25.1. The minimum Gasteiger partial charge on any atom is -0.493 e. The number of ether oxygens (including phenoxy) is 4. The summed E-state index contributed by atoms with van der Waals surface area (Å²) in [6.45, 7) is 0.446. The Bertz CT molecular complexity index is 1300. The molecule has 188 valence electrons. The summed E-state index contributed by atoms with van der Waals surface area (Å²) in [4.78, 5) is 26.1. The second kappa shape index (κ2) is 10.7. The van der Waals surface area contributed by atoms with Gasteiger partial charge in [0.15, 0.2) is 23.0 Å². The quantitative estimate of drug-likeness (QED) is 0.306. The molecular formula is C26H25ClN2O7. The average molecular weight is 513 g/mol. The van der Waals surface area contributed by atoms with Crippen LogP contribution in [0.2, 0.25) is 5.02 Å². The first-order valence-corrected chi connectivity index (χ1v) is 11.5. The van der Waals surface area contributed by atoms with Gasteiger partial charge in [0, 0.05) is 18.7 Å². The molecule has 4 rings (SSSR count). The van der Waals surface area contributed by atoms with Crippen molar-refractivity contribution in [3.8, 4) is 23.0 Å². The highest BCUT2D eigenvalue weighted by atomic mass is 35.5. The van der Waals surface area contributed by atoms with E-state index >= 15 is 0 Å². The van der Waals surface area contributed by atoms with Gasteiger partial charge < -0.3 is 23.8 Å². The molecule has 0 saturated carbocycles. The number of nitro benzene ring substituents is 1. The van der Waals surface area contributed by atoms with Crippen molar-refractivity contribution < 1.29 is 28.7 Å². The summed E-state index contributed by atoms with van der Waals surface area (Å²) in [7, 11) is 4.66. The second-order valence-electron chi connectivity index (χ2n) is 8.05. The fraction of sp³-hybridized carbons (Fsp3) is 0.269. The smallest absolute Gasteiger partial charge is 0.270 e. The van der Waals surface area contributed by atoms with Gasteiger partial charge in [-0.2, -0.15) is 0 Å². The van der Waals surface area contributed by atoms with Gasteiger partial charge in [0.05, 0.1) is 42.9 Å². The molecule has 0 radical (unpaired) electrons. The Labute approximate surface area is 213 Å². The second-order valence-corrected chi connectivity index (χ2v) is 8.46. The molecule has 0 aromatic heterocycles. The van der Waals surface area contributed by atoms with Crippen LogP contribution in [0.3, 0.4) is 0 Å². The number of benzene rings is 3. The number of hydrogen-bond acceptors (Lipinski definition) is 7. The third-order valence-electron chi connectivity index (χ3n) is 6.12. The highest BCUT2D eigenvalue weighted by Crippen LogP contribution is 2.40. The first-order chi connectivity index (χ1) is 17.4. The predicted octanol–water partition coefficient (Wildman–Crippen LogP) is 5.09. The number of carbonyl (C=O) groups is 1. The lowest BCUT2D eigenvalue weighted by atomic mass is 9.91. The summed E-state index contributed by atoms with van der Waals surface area (Å²) in [6, 6.07) is 14.2. The number of methoxy groups -OCH3 is 3. The van der Waals surface area contributed by atoms with Gasteiger partial charge in [-0.05, 0) is 47.9 Å². The number of hydrogen-bond donors (Lipinski definition) is 0. The molecular weight excluding hydrogens is 488 g/mol. The Morgan fingerprint density at radius 1 is 1.00 bits per heavy atom. The number of halogens is 1. The van der Waals surface area contributed by atoms with Crippen LogP contribution in [0.4, 0.5) is 5.69 Å². The fourth-order valence-electron chi connectivity index (χ4n) is 4.30. The zero-order valence-electron chi connectivity index (χ0n) is 20.0. The Balaban J connectivity index is 1.76. The highest BCUT2D eigenvalue weighted by molar-refractivity contribution is 6.34. The lowest BCUT2D eigenvalue weighted by molar-refractivity contribution is -0.384. The third-order valence-corrected chi connectivity index (χ3v) is 6.45. The van der Waals surface area contributed by atoms with Gasteiger partial charge in [0.1, 0.15) is 6.61 Å². The monoisotopic (exact) mass is 512 g/mol. The number of nitro groups is 1. The van der Waals surface area contributed by atoms with Gasteiger partial charge in [0.25, 0.3) is 11.6 Å². The maximum Gasteiger partial charge on any atom is 0.270 e. The Morgan fingerprint density at radius 3 is 2.33 bits per heavy atom. The number of amides is 1. The van der Waals surface area contributed by atoms with Crippen LogP contribution >= 0.6 is 11.6 Å². The lowest BCUT2D eigenvalue weighted by Gasteiger charge is -2.38. The Kier molecular flexibility index (Phi) is 7.49. The van der Waals surface area contributed by atoms with E-state index in [0.29, 0.717) is 36.0 Å². The van der Waals surface area contributed by atoms with Crippen molar-refractivity contribution in [1.29, 1.82) is 0 Å². The highest BCUT2D eigenvalue weighted by Gasteiger charge is 2.34. The van der Waals surface area contributed by atoms with Crippen molar-refractivity contribution in [3.63, 3.8) is 0 Å². The number of para-hydroxylation sites is 2. The van der Waals surface area contributed by atoms with Crippen LogP contribution in [-0.4, -0.2) is 50.2 Å². The molecule has 3 aromatic carbocycles. The Hall–Kier alpha value is -3.98. The van der Waals surface area contributed by atoms with Crippen molar-refractivity contribution in [2.45, 2.75) is 12.5 Å². The van der Waals surface area contributed by atoms with Crippen molar-refractivity contribution in [3.05, 3.63) is 86.4 Å². The molecule has 1 amide bonds. The zero-order valence-corrected chi connectivity index (χ0v) is 20.8. The van der Waals surface area contributed by atoms with Crippen molar-refractivity contribution in [1.82, 2.24) is 4.90 Å². The van der Waals surface area contributed by atoms with Crippen LogP contribution in [-0.2, 0) is 6.42 Å². The molecule has 9 nitrogen and oxygen atoms in total. The van der Waals surface area contributed by atoms with Crippen LogP contribution in [0, 0.1) is 10.1 Å². The molecule has 1 aliphatic rings. The maximum absolute atomic E-state index is 13.7. The number of nitrogens with zero attached hydrogens (tertiary/aromatic N) is 2. The van der Waals surface area contributed by atoms with E-state index in [0.717, 1.165) is 11.1 Å². The minimum absolute atomic E-state index is 0.0529. The predicted molar refractivity (Wildman–Crippen MR) is 134 cm³/mol. The number of non-ortho nitro benzene ring substituents is 1. The lowest BCUT2D eigenvalue weighted by Crippen LogP contribution is -2.42. The molecule has 0 N–H and O–H groups in total. The molecule has 0 saturated heterocycles. The van der Waals surface area contributed by atoms with Gasteiger partial charge in [-0.3, -0.25) is 14.9 Å². The summed E-state index contributed by atoms with van der Waals surface area (Å²) in [5, 5.41) is 11.5. The summed E-state index contributed by atoms with van der Waals surface area (Å²) in [5.74, 6) is 1.75. The first-order valence-electron chi connectivity index (χ1n) is 11.1. The van der Waals surface area contributed by atoms with Gasteiger partial charge in [-0.15, -0.1) is 0 Å². The van der Waals surface area contributed by atoms with Crippen molar-refractivity contribution in [2.24, 2.45) is 0 Å². The molecule has 0 spiro atoms. The molecule has 0 bridgehead atoms. The Morgan fingerprint density at radius 2 is 1.67 bits per heavy atom. The van der Waals surface area contributed by atoms with Crippen molar-refractivity contribution in [2.75, 3.05) is 34.5 Å². The zero-order chi connectivity index (χ0) is 25.8. The normalized spacial score (nSPS) is 14.6. The van der Waals surface area contributed by atoms with E-state index in [9.17, 15) is 14.9 Å². The molecule has 1 aliphatic heterocycles. The van der Waals surface area contributed by atoms with Gasteiger partial charge in [-0.1, -0.05) is 23.7 Å². The van der Waals surface area contributed by atoms with E-state index in [2.05, 4.69) is 0 Å². The molecule has 1 heterocycles. The third kappa shape index (κ3) is 4.87. The van der Waals surface area contributed by atoms with E-state index < -0.39 is 16.9 Å². The fourth-order valence-corrected chi connectivity index (χ4v) is 4.50. The minimum atomic E-state index is -0.558. The standard InChI is InChI=1S/C26H25ClN2O7/c1-33-22-6-4-5-7-23(22)36-15-21-18-14-25(35-3)24(34-2)12-16(18)10-11-28(21)26(30)19-13-17(29(31)32)8-9-20(19)27/h4-9,12-14,21H,10-11,15H2,1-3H3/t21-/m0/s1. The van der Waals surface area contributed by atoms with Crippen LogP contribution < -0.4 is 18.9 Å². The van der Waals surface area contributed by atoms with Gasteiger partial charge in [-0.25, -0.2) is 0 Å². The van der Waals surface area contributed by atoms with E-state index in [1.54, 1.807) is 38.4 Å². The average Bonchev–Trinajstić information content (AvgIpc) is 2.90. The molecule has 0 aliphatic carbocycles. The number of rotatable bonds is 8. The molecule has 3 aromatic rings. The summed E-state index contributed by atoms with van der Waals surface area (Å²) in [6.07, 6.45) is 0.541. The number of fused-ring (bicyclic) bond motifs is 1. The van der Waals surface area contributed by atoms with Crippen LogP contribution in [0.25, 0.3) is 0 Å². The molecule has 10 heteroatoms. The van der Waals surface area contributed by atoms with Gasteiger partial charge >= 0.3 is 0 Å². The molecule has 0 unspecified atom stereocenters. The largest absolute Gasteiger partial charge is 0.493 e. The van der Waals surface area contributed by atoms with Crippen LogP contribution in [0.1, 0.15) is 27.5 Å².